The third kappa shape index (κ3) is 7.77. The van der Waals surface area contributed by atoms with Gasteiger partial charge in [0.25, 0.3) is 0 Å². The molecule has 0 spiro atoms. The first-order chi connectivity index (χ1) is 17.6. The van der Waals surface area contributed by atoms with Gasteiger partial charge >= 0.3 is 6.09 Å². The fourth-order valence-electron chi connectivity index (χ4n) is 3.60. The average Bonchev–Trinajstić information content (AvgIpc) is 2.89. The number of aromatic nitrogens is 3. The highest BCUT2D eigenvalue weighted by Crippen LogP contribution is 2.33. The molecule has 9 nitrogen and oxygen atoms in total. The number of hydrogen-bond donors (Lipinski definition) is 2. The number of nitrogens with one attached hydrogen (secondary N) is 1. The Labute approximate surface area is 217 Å². The van der Waals surface area contributed by atoms with E-state index in [2.05, 4.69) is 20.3 Å². The molecule has 0 saturated carbocycles. The molecule has 1 aliphatic rings. The summed E-state index contributed by atoms with van der Waals surface area (Å²) < 4.78 is 25.0. The monoisotopic (exact) mass is 510 g/mol. The zero-order chi connectivity index (χ0) is 27.0. The van der Waals surface area contributed by atoms with Gasteiger partial charge in [0.05, 0.1) is 16.9 Å². The van der Waals surface area contributed by atoms with Gasteiger partial charge in [-0.25, -0.2) is 24.1 Å². The first-order valence-electron chi connectivity index (χ1n) is 12.3. The van der Waals surface area contributed by atoms with Crippen LogP contribution in [-0.2, 0) is 4.74 Å². The summed E-state index contributed by atoms with van der Waals surface area (Å²) in [6, 6.07) is 8.43. The number of ether oxygens (including phenoxy) is 2. The fraction of sp³-hybridized carbons (Fsp3) is 0.407. The van der Waals surface area contributed by atoms with Crippen LogP contribution in [0.1, 0.15) is 45.6 Å². The molecule has 1 aliphatic heterocycles. The van der Waals surface area contributed by atoms with Gasteiger partial charge in [-0.3, -0.25) is 0 Å². The molecule has 1 saturated heterocycles. The van der Waals surface area contributed by atoms with E-state index < -0.39 is 5.82 Å². The zero-order valence-electron chi connectivity index (χ0n) is 22.0. The molecule has 2 aromatic heterocycles. The summed E-state index contributed by atoms with van der Waals surface area (Å²) in [6.07, 6.45) is 6.53. The SMILES string of the molecule is CC(C)(C)OC(=O)N1CCCCC1.CNc1nccc(-c2cccnc2Oc2ccc(N)c(F)c2C)n1. The number of nitrogens with two attached hydrogens (primary N) is 1. The van der Waals surface area contributed by atoms with Gasteiger partial charge in [-0.05, 0) is 77.3 Å². The summed E-state index contributed by atoms with van der Waals surface area (Å²) in [6.45, 7) is 9.01. The molecular weight excluding hydrogens is 475 g/mol. The lowest BCUT2D eigenvalue weighted by Crippen LogP contribution is -2.39. The lowest BCUT2D eigenvalue weighted by molar-refractivity contribution is 0.0216. The molecule has 1 fully saturated rings. The quantitative estimate of drug-likeness (QED) is 0.423. The van der Waals surface area contributed by atoms with E-state index in [1.165, 1.54) is 12.5 Å². The number of carbonyl (C=O) groups is 1. The van der Waals surface area contributed by atoms with Gasteiger partial charge in [-0.1, -0.05) is 0 Å². The van der Waals surface area contributed by atoms with E-state index in [9.17, 15) is 9.18 Å². The van der Waals surface area contributed by atoms with Gasteiger partial charge in [-0.15, -0.1) is 0 Å². The number of rotatable bonds is 4. The summed E-state index contributed by atoms with van der Waals surface area (Å²) in [5.74, 6) is 0.663. The Hall–Kier alpha value is -3.95. The Morgan fingerprint density at radius 3 is 2.49 bits per heavy atom. The van der Waals surface area contributed by atoms with Crippen molar-refractivity contribution in [1.29, 1.82) is 0 Å². The molecule has 0 radical (unpaired) electrons. The Balaban J connectivity index is 0.000000248. The molecule has 0 bridgehead atoms. The van der Waals surface area contributed by atoms with Crippen molar-refractivity contribution in [3.63, 3.8) is 0 Å². The van der Waals surface area contributed by atoms with Crippen molar-refractivity contribution < 1.29 is 18.7 Å². The highest BCUT2D eigenvalue weighted by molar-refractivity contribution is 5.68. The number of nitrogens with zero attached hydrogens (tertiary/aromatic N) is 4. The molecule has 0 unspecified atom stereocenters. The van der Waals surface area contributed by atoms with E-state index in [0.29, 0.717) is 34.4 Å². The predicted octanol–water partition coefficient (Wildman–Crippen LogP) is 5.81. The van der Waals surface area contributed by atoms with Crippen LogP contribution in [0.3, 0.4) is 0 Å². The number of piperidine rings is 1. The van der Waals surface area contributed by atoms with Crippen molar-refractivity contribution in [3.05, 3.63) is 54.1 Å². The Kier molecular flexibility index (Phi) is 9.21. The van der Waals surface area contributed by atoms with Gasteiger partial charge in [0.2, 0.25) is 11.8 Å². The maximum Gasteiger partial charge on any atom is 0.410 e. The second-order valence-corrected chi connectivity index (χ2v) is 9.59. The van der Waals surface area contributed by atoms with Crippen molar-refractivity contribution in [1.82, 2.24) is 19.9 Å². The Bertz CT molecular complexity index is 1210. The number of likely N-dealkylation sites (tertiary alicyclic amines) is 1. The highest BCUT2D eigenvalue weighted by Gasteiger charge is 2.23. The van der Waals surface area contributed by atoms with Crippen LogP contribution in [0.25, 0.3) is 11.3 Å². The summed E-state index contributed by atoms with van der Waals surface area (Å²) in [7, 11) is 1.74. The smallest absolute Gasteiger partial charge is 0.410 e. The first-order valence-corrected chi connectivity index (χ1v) is 12.3. The van der Waals surface area contributed by atoms with Crippen LogP contribution >= 0.6 is 0 Å². The van der Waals surface area contributed by atoms with Crippen LogP contribution in [0, 0.1) is 12.7 Å². The van der Waals surface area contributed by atoms with Crippen LogP contribution in [0.2, 0.25) is 0 Å². The number of hydrogen-bond acceptors (Lipinski definition) is 8. The van der Waals surface area contributed by atoms with E-state index in [1.54, 1.807) is 49.5 Å². The second-order valence-electron chi connectivity index (χ2n) is 9.59. The van der Waals surface area contributed by atoms with Gasteiger partial charge < -0.3 is 25.4 Å². The van der Waals surface area contributed by atoms with Crippen molar-refractivity contribution in [3.8, 4) is 22.9 Å². The Morgan fingerprint density at radius 2 is 1.81 bits per heavy atom. The van der Waals surface area contributed by atoms with Gasteiger partial charge in [0, 0.05) is 38.1 Å². The fourth-order valence-corrected chi connectivity index (χ4v) is 3.60. The Morgan fingerprint density at radius 1 is 1.08 bits per heavy atom. The van der Waals surface area contributed by atoms with E-state index in [1.807, 2.05) is 26.8 Å². The average molecular weight is 511 g/mol. The van der Waals surface area contributed by atoms with Crippen LogP contribution in [0.15, 0.2) is 42.7 Å². The third-order valence-electron chi connectivity index (χ3n) is 5.51. The lowest BCUT2D eigenvalue weighted by Gasteiger charge is -2.29. The first kappa shape index (κ1) is 27.6. The second kappa shape index (κ2) is 12.3. The predicted molar refractivity (Wildman–Crippen MR) is 142 cm³/mol. The van der Waals surface area contributed by atoms with E-state index in [-0.39, 0.29) is 17.4 Å². The van der Waals surface area contributed by atoms with Gasteiger partial charge in [0.1, 0.15) is 11.4 Å². The lowest BCUT2D eigenvalue weighted by atomic mass is 10.1. The molecule has 3 N–H and O–H groups in total. The summed E-state index contributed by atoms with van der Waals surface area (Å²) in [4.78, 5) is 26.0. The summed E-state index contributed by atoms with van der Waals surface area (Å²) >= 11 is 0. The van der Waals surface area contributed by atoms with Crippen LogP contribution < -0.4 is 15.8 Å². The molecule has 37 heavy (non-hydrogen) atoms. The molecule has 0 atom stereocenters. The topological polar surface area (TPSA) is 115 Å². The molecule has 4 rings (SSSR count). The molecule has 3 aromatic rings. The number of anilines is 2. The van der Waals surface area contributed by atoms with Crippen LogP contribution in [0.5, 0.6) is 11.6 Å². The summed E-state index contributed by atoms with van der Waals surface area (Å²) in [5.41, 5.74) is 6.92. The standard InChI is InChI=1S/C17H16FN5O.C10H19NO2/c1-10-14(6-5-12(19)15(10)18)24-16-11(4-3-8-21-16)13-7-9-22-17(20-2)23-13;1-10(2,3)13-9(12)11-7-5-4-6-8-11/h3-9H,19H2,1-2H3,(H,20,22,23);4-8H2,1-3H3. The molecule has 1 amide bonds. The molecule has 3 heterocycles. The largest absolute Gasteiger partial charge is 0.444 e. The molecule has 10 heteroatoms. The van der Waals surface area contributed by atoms with Crippen LogP contribution in [0.4, 0.5) is 20.8 Å². The molecule has 1 aromatic carbocycles. The number of nitrogen functional groups attached to an aromatic ring is 1. The minimum absolute atomic E-state index is 0.0792. The number of pyridine rings is 1. The minimum Gasteiger partial charge on any atom is -0.444 e. The third-order valence-corrected chi connectivity index (χ3v) is 5.51. The van der Waals surface area contributed by atoms with Gasteiger partial charge in [0.15, 0.2) is 5.82 Å². The number of benzene rings is 1. The maximum absolute atomic E-state index is 14.0. The number of halogens is 1. The van der Waals surface area contributed by atoms with Crippen LogP contribution in [-0.4, -0.2) is 51.7 Å². The highest BCUT2D eigenvalue weighted by atomic mass is 19.1. The van der Waals surface area contributed by atoms with Crippen molar-refractivity contribution in [2.45, 2.75) is 52.6 Å². The van der Waals surface area contributed by atoms with E-state index in [0.717, 1.165) is 25.9 Å². The maximum atomic E-state index is 14.0. The minimum atomic E-state index is -0.496. The van der Waals surface area contributed by atoms with Crippen molar-refractivity contribution >= 4 is 17.7 Å². The summed E-state index contributed by atoms with van der Waals surface area (Å²) in [5, 5.41) is 2.88. The van der Waals surface area contributed by atoms with Crippen molar-refractivity contribution in [2.24, 2.45) is 0 Å². The van der Waals surface area contributed by atoms with E-state index >= 15 is 0 Å². The normalized spacial score (nSPS) is 13.3. The van der Waals surface area contributed by atoms with E-state index in [4.69, 9.17) is 15.2 Å². The van der Waals surface area contributed by atoms with Crippen molar-refractivity contribution in [2.75, 3.05) is 31.2 Å². The van der Waals surface area contributed by atoms with Gasteiger partial charge in [-0.2, -0.15) is 0 Å². The molecular formula is C27H35FN6O3. The molecule has 0 aliphatic carbocycles. The molecule has 198 valence electrons. The zero-order valence-corrected chi connectivity index (χ0v) is 22.0. The number of carbonyl (C=O) groups excluding carboxylic acids is 1. The number of amides is 1.